The number of urea groups is 1. The van der Waals surface area contributed by atoms with Crippen LogP contribution >= 0.6 is 0 Å². The normalized spacial score (nSPS) is 20.4. The van der Waals surface area contributed by atoms with E-state index in [9.17, 15) is 4.79 Å². The van der Waals surface area contributed by atoms with Gasteiger partial charge in [-0.05, 0) is 44.2 Å². The number of ether oxygens (including phenoxy) is 1. The van der Waals surface area contributed by atoms with Crippen molar-refractivity contribution in [3.8, 4) is 0 Å². The van der Waals surface area contributed by atoms with Crippen LogP contribution in [0.2, 0.25) is 0 Å². The van der Waals surface area contributed by atoms with Gasteiger partial charge in [-0.25, -0.2) is 4.79 Å². The largest absolute Gasteiger partial charge is 0.376 e. The SMILES string of the molecule is CCN(C[C@@H]1CCCO1)C(=O)NCc1ccccc1N1CCCC1. The van der Waals surface area contributed by atoms with Gasteiger partial charge in [-0.1, -0.05) is 18.2 Å². The number of benzene rings is 1. The van der Waals surface area contributed by atoms with Gasteiger partial charge in [0.1, 0.15) is 0 Å². The molecule has 2 fully saturated rings. The maximum Gasteiger partial charge on any atom is 0.317 e. The van der Waals surface area contributed by atoms with E-state index in [0.717, 1.165) is 32.5 Å². The highest BCUT2D eigenvalue weighted by atomic mass is 16.5. The fourth-order valence-electron chi connectivity index (χ4n) is 3.60. The summed E-state index contributed by atoms with van der Waals surface area (Å²) >= 11 is 0. The van der Waals surface area contributed by atoms with Gasteiger partial charge in [-0.2, -0.15) is 0 Å². The van der Waals surface area contributed by atoms with E-state index in [4.69, 9.17) is 4.74 Å². The summed E-state index contributed by atoms with van der Waals surface area (Å²) < 4.78 is 5.66. The maximum absolute atomic E-state index is 12.5. The highest BCUT2D eigenvalue weighted by molar-refractivity contribution is 5.74. The second-order valence-electron chi connectivity index (χ2n) is 6.66. The molecule has 1 N–H and O–H groups in total. The molecule has 132 valence electrons. The Kier molecular flexibility index (Phi) is 5.96. The molecule has 2 heterocycles. The minimum Gasteiger partial charge on any atom is -0.376 e. The molecule has 0 aromatic heterocycles. The van der Waals surface area contributed by atoms with Gasteiger partial charge in [0.05, 0.1) is 6.10 Å². The molecule has 1 aromatic carbocycles. The number of nitrogens with zero attached hydrogens (tertiary/aromatic N) is 2. The molecule has 3 rings (SSSR count). The molecule has 1 aromatic rings. The van der Waals surface area contributed by atoms with E-state index in [0.29, 0.717) is 19.6 Å². The van der Waals surface area contributed by atoms with Gasteiger partial charge in [0.25, 0.3) is 0 Å². The molecule has 2 amide bonds. The highest BCUT2D eigenvalue weighted by Crippen LogP contribution is 2.24. The van der Waals surface area contributed by atoms with Gasteiger partial charge in [0, 0.05) is 45.0 Å². The van der Waals surface area contributed by atoms with E-state index < -0.39 is 0 Å². The van der Waals surface area contributed by atoms with Gasteiger partial charge >= 0.3 is 6.03 Å². The molecule has 0 bridgehead atoms. The number of amides is 2. The van der Waals surface area contributed by atoms with Crippen LogP contribution in [0.25, 0.3) is 0 Å². The van der Waals surface area contributed by atoms with Crippen LogP contribution in [0.3, 0.4) is 0 Å². The molecule has 2 aliphatic heterocycles. The van der Waals surface area contributed by atoms with E-state index >= 15 is 0 Å². The Labute approximate surface area is 145 Å². The van der Waals surface area contributed by atoms with Crippen LogP contribution in [-0.4, -0.2) is 49.8 Å². The zero-order valence-corrected chi connectivity index (χ0v) is 14.7. The minimum absolute atomic E-state index is 0.00391. The van der Waals surface area contributed by atoms with Crippen LogP contribution in [0.15, 0.2) is 24.3 Å². The van der Waals surface area contributed by atoms with Crippen LogP contribution < -0.4 is 10.2 Å². The Balaban J connectivity index is 1.57. The summed E-state index contributed by atoms with van der Waals surface area (Å²) in [6, 6.07) is 8.41. The minimum atomic E-state index is 0.00391. The van der Waals surface area contributed by atoms with E-state index in [1.807, 2.05) is 17.9 Å². The fraction of sp³-hybridized carbons (Fsp3) is 0.632. The van der Waals surface area contributed by atoms with Crippen LogP contribution in [0, 0.1) is 0 Å². The number of hydrogen-bond acceptors (Lipinski definition) is 3. The molecule has 2 saturated heterocycles. The lowest BCUT2D eigenvalue weighted by molar-refractivity contribution is 0.0826. The van der Waals surface area contributed by atoms with Crippen molar-refractivity contribution in [3.63, 3.8) is 0 Å². The van der Waals surface area contributed by atoms with Gasteiger partial charge < -0.3 is 19.9 Å². The summed E-state index contributed by atoms with van der Waals surface area (Å²) in [5.41, 5.74) is 2.46. The number of carbonyl (C=O) groups excluding carboxylic acids is 1. The van der Waals surface area contributed by atoms with E-state index in [1.54, 1.807) is 0 Å². The molecule has 1 atom stereocenters. The maximum atomic E-state index is 12.5. The highest BCUT2D eigenvalue weighted by Gasteiger charge is 2.22. The van der Waals surface area contributed by atoms with E-state index in [-0.39, 0.29) is 12.1 Å². The van der Waals surface area contributed by atoms with Crippen molar-refractivity contribution < 1.29 is 9.53 Å². The molecular weight excluding hydrogens is 302 g/mol. The van der Waals surface area contributed by atoms with Gasteiger partial charge in [0.15, 0.2) is 0 Å². The number of rotatable bonds is 6. The molecule has 0 saturated carbocycles. The summed E-state index contributed by atoms with van der Waals surface area (Å²) in [5.74, 6) is 0. The van der Waals surface area contributed by atoms with Gasteiger partial charge in [-0.15, -0.1) is 0 Å². The molecule has 0 unspecified atom stereocenters. The van der Waals surface area contributed by atoms with Crippen LogP contribution in [-0.2, 0) is 11.3 Å². The Morgan fingerprint density at radius 1 is 1.29 bits per heavy atom. The first-order valence-electron chi connectivity index (χ1n) is 9.25. The predicted octanol–water partition coefficient (Wildman–Crippen LogP) is 3.00. The number of nitrogens with one attached hydrogen (secondary N) is 1. The molecule has 5 nitrogen and oxygen atoms in total. The van der Waals surface area contributed by atoms with Crippen molar-refractivity contribution in [3.05, 3.63) is 29.8 Å². The lowest BCUT2D eigenvalue weighted by atomic mass is 10.1. The molecule has 5 heteroatoms. The predicted molar refractivity (Wildman–Crippen MR) is 96.3 cm³/mol. The summed E-state index contributed by atoms with van der Waals surface area (Å²) in [7, 11) is 0. The molecular formula is C19H29N3O2. The van der Waals surface area contributed by atoms with Gasteiger partial charge in [-0.3, -0.25) is 0 Å². The summed E-state index contributed by atoms with van der Waals surface area (Å²) in [6.07, 6.45) is 4.87. The number of hydrogen-bond donors (Lipinski definition) is 1. The molecule has 0 spiro atoms. The summed E-state index contributed by atoms with van der Waals surface area (Å²) in [6.45, 7) is 7.05. The standard InChI is InChI=1S/C19H29N3O2/c1-2-21(15-17-9-7-13-24-17)19(23)20-14-16-8-3-4-10-18(16)22-11-5-6-12-22/h3-4,8,10,17H,2,5-7,9,11-15H2,1H3,(H,20,23)/t17-/m0/s1. The van der Waals surface area contributed by atoms with E-state index in [1.165, 1.54) is 24.1 Å². The molecule has 0 aliphatic carbocycles. The fourth-order valence-corrected chi connectivity index (χ4v) is 3.60. The first-order valence-corrected chi connectivity index (χ1v) is 9.25. The topological polar surface area (TPSA) is 44.8 Å². The van der Waals surface area contributed by atoms with Crippen LogP contribution in [0.5, 0.6) is 0 Å². The first-order chi connectivity index (χ1) is 11.8. The zero-order chi connectivity index (χ0) is 16.8. The number of para-hydroxylation sites is 1. The van der Waals surface area contributed by atoms with Crippen molar-refractivity contribution in [1.29, 1.82) is 0 Å². The second-order valence-corrected chi connectivity index (χ2v) is 6.66. The smallest absolute Gasteiger partial charge is 0.317 e. The average molecular weight is 331 g/mol. The first kappa shape index (κ1) is 17.1. The molecule has 24 heavy (non-hydrogen) atoms. The molecule has 2 aliphatic rings. The Morgan fingerprint density at radius 3 is 2.79 bits per heavy atom. The lowest BCUT2D eigenvalue weighted by Crippen LogP contribution is -2.43. The van der Waals surface area contributed by atoms with Gasteiger partial charge in [0.2, 0.25) is 0 Å². The number of carbonyl (C=O) groups is 1. The van der Waals surface area contributed by atoms with Crippen molar-refractivity contribution in [2.75, 3.05) is 37.7 Å². The third kappa shape index (κ3) is 4.20. The van der Waals surface area contributed by atoms with Crippen molar-refractivity contribution in [2.24, 2.45) is 0 Å². The Hall–Kier alpha value is -1.75. The third-order valence-corrected chi connectivity index (χ3v) is 4.99. The van der Waals surface area contributed by atoms with Crippen LogP contribution in [0.4, 0.5) is 10.5 Å². The monoisotopic (exact) mass is 331 g/mol. The van der Waals surface area contributed by atoms with E-state index in [2.05, 4.69) is 28.4 Å². The Bertz CT molecular complexity index is 537. The summed E-state index contributed by atoms with van der Waals surface area (Å²) in [4.78, 5) is 16.8. The average Bonchev–Trinajstić information content (AvgIpc) is 3.31. The quantitative estimate of drug-likeness (QED) is 0.871. The van der Waals surface area contributed by atoms with Crippen molar-refractivity contribution >= 4 is 11.7 Å². The van der Waals surface area contributed by atoms with Crippen molar-refractivity contribution in [1.82, 2.24) is 10.2 Å². The lowest BCUT2D eigenvalue weighted by Gasteiger charge is -2.25. The number of likely N-dealkylation sites (N-methyl/N-ethyl adjacent to an activating group) is 1. The molecule has 0 radical (unpaired) electrons. The summed E-state index contributed by atoms with van der Waals surface area (Å²) in [5, 5.41) is 3.09. The zero-order valence-electron chi connectivity index (χ0n) is 14.7. The van der Waals surface area contributed by atoms with Crippen LogP contribution in [0.1, 0.15) is 38.2 Å². The second kappa shape index (κ2) is 8.38. The van der Waals surface area contributed by atoms with Crippen molar-refractivity contribution in [2.45, 2.75) is 45.3 Å². The number of anilines is 1. The third-order valence-electron chi connectivity index (χ3n) is 4.99. The Morgan fingerprint density at radius 2 is 2.08 bits per heavy atom.